The molecule has 0 radical (unpaired) electrons. The SMILES string of the molecule is C=C(C)[C@@H]1CC[C@@](O)(CO)[C@@H]([Se]c2ccccc2)C1. The molecule has 0 amide bonds. The average Bonchev–Trinajstić information content (AvgIpc) is 2.42. The third kappa shape index (κ3) is 3.49. The van der Waals surface area contributed by atoms with E-state index >= 15 is 0 Å². The molecule has 3 heteroatoms. The Morgan fingerprint density at radius 3 is 2.68 bits per heavy atom. The summed E-state index contributed by atoms with van der Waals surface area (Å²) in [5, 5.41) is 20.2. The minimum absolute atomic E-state index is 0.130. The van der Waals surface area contributed by atoms with Gasteiger partial charge < -0.3 is 0 Å². The van der Waals surface area contributed by atoms with Gasteiger partial charge in [-0.2, -0.15) is 0 Å². The third-order valence-electron chi connectivity index (χ3n) is 4.02. The molecular formula is C16H22O2Se. The van der Waals surface area contributed by atoms with Crippen LogP contribution in [0.25, 0.3) is 0 Å². The molecule has 19 heavy (non-hydrogen) atoms. The van der Waals surface area contributed by atoms with E-state index in [2.05, 4.69) is 25.6 Å². The van der Waals surface area contributed by atoms with Crippen LogP contribution in [0.1, 0.15) is 26.2 Å². The van der Waals surface area contributed by atoms with Gasteiger partial charge in [0, 0.05) is 0 Å². The quantitative estimate of drug-likeness (QED) is 0.656. The summed E-state index contributed by atoms with van der Waals surface area (Å²) in [5.41, 5.74) is 0.302. The standard InChI is InChI=1S/C16H22O2Se/c1-12(2)13-8-9-16(18,11-17)15(10-13)19-14-6-4-3-5-7-14/h3-7,13,15,17-18H,1,8-11H2,2H3/t13-,15+,16-/m1/s1. The molecule has 0 bridgehead atoms. The molecule has 1 aliphatic rings. The molecule has 0 heterocycles. The number of benzene rings is 1. The Labute approximate surface area is 121 Å². The molecular weight excluding hydrogens is 303 g/mol. The summed E-state index contributed by atoms with van der Waals surface area (Å²) in [6.07, 6.45) is 2.56. The van der Waals surface area contributed by atoms with Gasteiger partial charge in [0.2, 0.25) is 0 Å². The second-order valence-corrected chi connectivity index (χ2v) is 8.18. The van der Waals surface area contributed by atoms with Gasteiger partial charge in [0.1, 0.15) is 0 Å². The van der Waals surface area contributed by atoms with Crippen molar-refractivity contribution in [3.8, 4) is 0 Å². The minimum atomic E-state index is -0.901. The number of hydrogen-bond acceptors (Lipinski definition) is 2. The van der Waals surface area contributed by atoms with Crippen LogP contribution in [0.15, 0.2) is 42.5 Å². The molecule has 0 aromatic heterocycles. The maximum atomic E-state index is 10.6. The second kappa shape index (κ2) is 6.23. The molecule has 1 fully saturated rings. The van der Waals surface area contributed by atoms with E-state index < -0.39 is 5.60 Å². The first-order valence-electron chi connectivity index (χ1n) is 6.75. The van der Waals surface area contributed by atoms with E-state index in [1.165, 1.54) is 10.0 Å². The summed E-state index contributed by atoms with van der Waals surface area (Å²) in [5.74, 6) is 0.488. The summed E-state index contributed by atoms with van der Waals surface area (Å²) in [6.45, 7) is 6.00. The zero-order valence-electron chi connectivity index (χ0n) is 11.4. The molecule has 1 aromatic carbocycles. The van der Waals surface area contributed by atoms with Gasteiger partial charge in [0.15, 0.2) is 0 Å². The van der Waals surface area contributed by atoms with Crippen molar-refractivity contribution in [1.82, 2.24) is 0 Å². The van der Waals surface area contributed by atoms with Crippen LogP contribution < -0.4 is 4.46 Å². The molecule has 0 spiro atoms. The Balaban J connectivity index is 2.14. The fourth-order valence-electron chi connectivity index (χ4n) is 2.63. The number of aliphatic hydroxyl groups is 2. The Hall–Kier alpha value is -0.601. The first-order valence-corrected chi connectivity index (χ1v) is 8.60. The van der Waals surface area contributed by atoms with Crippen molar-refractivity contribution < 1.29 is 10.2 Å². The molecule has 2 nitrogen and oxygen atoms in total. The Morgan fingerprint density at radius 2 is 2.11 bits per heavy atom. The fraction of sp³-hybridized carbons (Fsp3) is 0.500. The van der Waals surface area contributed by atoms with Crippen molar-refractivity contribution in [3.63, 3.8) is 0 Å². The van der Waals surface area contributed by atoms with Gasteiger partial charge in [-0.3, -0.25) is 0 Å². The van der Waals surface area contributed by atoms with E-state index in [1.807, 2.05) is 18.2 Å². The molecule has 0 saturated heterocycles. The van der Waals surface area contributed by atoms with Crippen LogP contribution in [0.3, 0.4) is 0 Å². The summed E-state index contributed by atoms with van der Waals surface area (Å²) in [6, 6.07) is 10.3. The Bertz CT molecular complexity index is 432. The van der Waals surface area contributed by atoms with Gasteiger partial charge in [0.05, 0.1) is 0 Å². The predicted molar refractivity (Wildman–Crippen MR) is 79.8 cm³/mol. The Kier molecular flexibility index (Phi) is 4.86. The van der Waals surface area contributed by atoms with Crippen molar-refractivity contribution in [2.75, 3.05) is 6.61 Å². The van der Waals surface area contributed by atoms with E-state index in [9.17, 15) is 10.2 Å². The van der Waals surface area contributed by atoms with Crippen LogP contribution in [0.4, 0.5) is 0 Å². The normalized spacial score (nSPS) is 31.1. The molecule has 2 N–H and O–H groups in total. The molecule has 0 aliphatic heterocycles. The van der Waals surface area contributed by atoms with Crippen LogP contribution in [0.5, 0.6) is 0 Å². The topological polar surface area (TPSA) is 40.5 Å². The summed E-state index contributed by atoms with van der Waals surface area (Å²) < 4.78 is 1.29. The first-order chi connectivity index (χ1) is 9.05. The maximum absolute atomic E-state index is 10.6. The average molecular weight is 325 g/mol. The van der Waals surface area contributed by atoms with E-state index in [0.717, 1.165) is 12.8 Å². The number of rotatable bonds is 4. The van der Waals surface area contributed by atoms with Gasteiger partial charge in [-0.25, -0.2) is 0 Å². The molecule has 1 aliphatic carbocycles. The molecule has 1 saturated carbocycles. The van der Waals surface area contributed by atoms with Crippen LogP contribution in [-0.2, 0) is 0 Å². The van der Waals surface area contributed by atoms with Gasteiger partial charge in [-0.1, -0.05) is 0 Å². The van der Waals surface area contributed by atoms with Gasteiger partial charge in [0.25, 0.3) is 0 Å². The van der Waals surface area contributed by atoms with Gasteiger partial charge in [-0.15, -0.1) is 0 Å². The Morgan fingerprint density at radius 1 is 1.42 bits per heavy atom. The molecule has 3 atom stereocenters. The molecule has 104 valence electrons. The van der Waals surface area contributed by atoms with Crippen molar-refractivity contribution in [3.05, 3.63) is 42.5 Å². The van der Waals surface area contributed by atoms with Crippen molar-refractivity contribution in [2.24, 2.45) is 5.92 Å². The monoisotopic (exact) mass is 326 g/mol. The van der Waals surface area contributed by atoms with E-state index in [1.54, 1.807) is 0 Å². The van der Waals surface area contributed by atoms with Crippen LogP contribution in [0, 0.1) is 5.92 Å². The van der Waals surface area contributed by atoms with E-state index in [4.69, 9.17) is 0 Å². The van der Waals surface area contributed by atoms with Gasteiger partial charge in [-0.05, 0) is 0 Å². The summed E-state index contributed by atoms with van der Waals surface area (Å²) in [4.78, 5) is 0.169. The second-order valence-electron chi connectivity index (χ2n) is 5.50. The van der Waals surface area contributed by atoms with Crippen molar-refractivity contribution >= 4 is 19.4 Å². The number of hydrogen-bond donors (Lipinski definition) is 2. The summed E-state index contributed by atoms with van der Waals surface area (Å²) in [7, 11) is 0. The van der Waals surface area contributed by atoms with Crippen molar-refractivity contribution in [1.29, 1.82) is 0 Å². The molecule has 1 aromatic rings. The summed E-state index contributed by atoms with van der Waals surface area (Å²) >= 11 is 0.187. The molecule has 0 unspecified atom stereocenters. The van der Waals surface area contributed by atoms with Crippen LogP contribution in [0.2, 0.25) is 4.82 Å². The zero-order valence-corrected chi connectivity index (χ0v) is 13.1. The van der Waals surface area contributed by atoms with Gasteiger partial charge >= 0.3 is 121 Å². The predicted octanol–water partition coefficient (Wildman–Crippen LogP) is 1.90. The zero-order chi connectivity index (χ0) is 13.9. The van der Waals surface area contributed by atoms with Crippen LogP contribution in [-0.4, -0.2) is 37.4 Å². The fourth-order valence-corrected chi connectivity index (χ4v) is 5.53. The number of aliphatic hydroxyl groups excluding tert-OH is 1. The molecule has 2 rings (SSSR count). The number of allylic oxidation sites excluding steroid dienone is 1. The third-order valence-corrected chi connectivity index (χ3v) is 7.08. The van der Waals surface area contributed by atoms with Crippen molar-refractivity contribution in [2.45, 2.75) is 36.6 Å². The first kappa shape index (κ1) is 14.8. The van der Waals surface area contributed by atoms with E-state index in [0.29, 0.717) is 12.3 Å². The van der Waals surface area contributed by atoms with E-state index in [-0.39, 0.29) is 26.4 Å². The van der Waals surface area contributed by atoms with Crippen LogP contribution >= 0.6 is 0 Å².